The Hall–Kier alpha value is -0.530. The van der Waals surface area contributed by atoms with E-state index in [0.717, 1.165) is 6.42 Å². The summed E-state index contributed by atoms with van der Waals surface area (Å²) in [6.45, 7) is 10.5. The molecule has 1 fully saturated rings. The van der Waals surface area contributed by atoms with Crippen LogP contribution in [0.1, 0.15) is 41.0 Å². The number of rotatable bonds is 2. The molecule has 0 aromatic rings. The highest BCUT2D eigenvalue weighted by atomic mass is 16.2. The first-order valence-electron chi connectivity index (χ1n) is 5.13. The monoisotopic (exact) mass is 183 g/mol. The number of amides is 1. The van der Waals surface area contributed by atoms with Crippen molar-refractivity contribution in [1.29, 1.82) is 0 Å². The number of hydrogen-bond donors (Lipinski definition) is 1. The number of hydrogen-bond acceptors (Lipinski definition) is 1. The summed E-state index contributed by atoms with van der Waals surface area (Å²) in [5, 5.41) is 3.03. The third-order valence-electron chi connectivity index (χ3n) is 2.53. The van der Waals surface area contributed by atoms with Gasteiger partial charge < -0.3 is 5.32 Å². The summed E-state index contributed by atoms with van der Waals surface area (Å²) in [4.78, 5) is 11.6. The van der Waals surface area contributed by atoms with Crippen molar-refractivity contribution in [2.24, 2.45) is 17.8 Å². The fourth-order valence-electron chi connectivity index (χ4n) is 1.72. The number of nitrogens with one attached hydrogen (secondary N) is 1. The van der Waals surface area contributed by atoms with Crippen molar-refractivity contribution in [3.63, 3.8) is 0 Å². The van der Waals surface area contributed by atoms with Gasteiger partial charge in [0.05, 0.1) is 0 Å². The molecule has 1 saturated carbocycles. The maximum atomic E-state index is 11.6. The van der Waals surface area contributed by atoms with E-state index in [1.165, 1.54) is 0 Å². The molecule has 0 aromatic heterocycles. The van der Waals surface area contributed by atoms with Crippen LogP contribution in [0.3, 0.4) is 0 Å². The Balaban J connectivity index is 2.36. The van der Waals surface area contributed by atoms with Crippen molar-refractivity contribution in [3.8, 4) is 0 Å². The van der Waals surface area contributed by atoms with Crippen molar-refractivity contribution < 1.29 is 4.79 Å². The molecule has 2 atom stereocenters. The van der Waals surface area contributed by atoms with Crippen LogP contribution in [-0.4, -0.2) is 11.4 Å². The fraction of sp³-hybridized carbons (Fsp3) is 0.909. The van der Waals surface area contributed by atoms with E-state index in [-0.39, 0.29) is 11.4 Å². The molecule has 1 N–H and O–H groups in total. The molecule has 0 saturated heterocycles. The molecule has 0 unspecified atom stereocenters. The van der Waals surface area contributed by atoms with Crippen LogP contribution >= 0.6 is 0 Å². The van der Waals surface area contributed by atoms with Crippen LogP contribution in [0.15, 0.2) is 0 Å². The predicted octanol–water partition coefficient (Wildman–Crippen LogP) is 2.19. The zero-order chi connectivity index (χ0) is 10.2. The highest BCUT2D eigenvalue weighted by Crippen LogP contribution is 2.44. The van der Waals surface area contributed by atoms with Gasteiger partial charge in [-0.1, -0.05) is 13.8 Å². The molecule has 2 heteroatoms. The van der Waals surface area contributed by atoms with Gasteiger partial charge in [0.2, 0.25) is 5.91 Å². The van der Waals surface area contributed by atoms with E-state index in [4.69, 9.17) is 0 Å². The third kappa shape index (κ3) is 3.02. The molecule has 2 nitrogen and oxygen atoms in total. The summed E-state index contributed by atoms with van der Waals surface area (Å²) in [5.41, 5.74) is -0.0821. The molecule has 76 valence electrons. The van der Waals surface area contributed by atoms with Gasteiger partial charge in [0.15, 0.2) is 0 Å². The Kier molecular flexibility index (Phi) is 2.69. The van der Waals surface area contributed by atoms with Crippen LogP contribution in [0, 0.1) is 17.8 Å². The standard InChI is InChI=1S/C11H21NO/c1-7(2)8-6-9(8)10(13)12-11(3,4)5/h7-9H,6H2,1-5H3,(H,12,13)/t8-,9+/m1/s1. The summed E-state index contributed by atoms with van der Waals surface area (Å²) in [5.74, 6) is 1.81. The van der Waals surface area contributed by atoms with Gasteiger partial charge in [0.1, 0.15) is 0 Å². The van der Waals surface area contributed by atoms with Gasteiger partial charge in [-0.2, -0.15) is 0 Å². The molecule has 0 spiro atoms. The van der Waals surface area contributed by atoms with E-state index in [1.807, 2.05) is 20.8 Å². The van der Waals surface area contributed by atoms with E-state index in [0.29, 0.717) is 17.8 Å². The average Bonchev–Trinajstić information content (AvgIpc) is 2.58. The van der Waals surface area contributed by atoms with Gasteiger partial charge >= 0.3 is 0 Å². The molecule has 1 aliphatic carbocycles. The number of carbonyl (C=O) groups excluding carboxylic acids is 1. The lowest BCUT2D eigenvalue weighted by Gasteiger charge is -2.20. The second kappa shape index (κ2) is 3.32. The Bertz CT molecular complexity index is 203. The van der Waals surface area contributed by atoms with Crippen molar-refractivity contribution in [3.05, 3.63) is 0 Å². The lowest BCUT2D eigenvalue weighted by atomic mass is 10.1. The quantitative estimate of drug-likeness (QED) is 0.698. The molecule has 1 aliphatic rings. The normalized spacial score (nSPS) is 27.5. The third-order valence-corrected chi connectivity index (χ3v) is 2.53. The summed E-state index contributed by atoms with van der Waals surface area (Å²) >= 11 is 0. The summed E-state index contributed by atoms with van der Waals surface area (Å²) in [6, 6.07) is 0. The first-order valence-corrected chi connectivity index (χ1v) is 5.13. The van der Waals surface area contributed by atoms with E-state index in [9.17, 15) is 4.79 Å². The Morgan fingerprint density at radius 3 is 2.23 bits per heavy atom. The van der Waals surface area contributed by atoms with Gasteiger partial charge in [0.25, 0.3) is 0 Å². The minimum atomic E-state index is -0.0821. The lowest BCUT2D eigenvalue weighted by molar-refractivity contribution is -0.124. The Labute approximate surface area is 81.1 Å². The topological polar surface area (TPSA) is 29.1 Å². The van der Waals surface area contributed by atoms with Gasteiger partial charge in [-0.05, 0) is 39.0 Å². The average molecular weight is 183 g/mol. The fourth-order valence-corrected chi connectivity index (χ4v) is 1.72. The molecule has 0 bridgehead atoms. The van der Waals surface area contributed by atoms with Gasteiger partial charge in [0, 0.05) is 11.5 Å². The van der Waals surface area contributed by atoms with Gasteiger partial charge in [-0.25, -0.2) is 0 Å². The molecule has 1 rings (SSSR count). The van der Waals surface area contributed by atoms with E-state index >= 15 is 0 Å². The highest BCUT2D eigenvalue weighted by Gasteiger charge is 2.45. The Morgan fingerprint density at radius 1 is 1.38 bits per heavy atom. The second-order valence-corrected chi connectivity index (χ2v) is 5.49. The minimum absolute atomic E-state index is 0.0821. The van der Waals surface area contributed by atoms with Crippen LogP contribution in [-0.2, 0) is 4.79 Å². The van der Waals surface area contributed by atoms with E-state index < -0.39 is 0 Å². The van der Waals surface area contributed by atoms with Crippen molar-refractivity contribution in [1.82, 2.24) is 5.32 Å². The molecule has 0 radical (unpaired) electrons. The van der Waals surface area contributed by atoms with Gasteiger partial charge in [-0.15, -0.1) is 0 Å². The largest absolute Gasteiger partial charge is 0.351 e. The van der Waals surface area contributed by atoms with Crippen molar-refractivity contribution in [2.45, 2.75) is 46.6 Å². The number of carbonyl (C=O) groups is 1. The van der Waals surface area contributed by atoms with E-state index in [2.05, 4.69) is 19.2 Å². The van der Waals surface area contributed by atoms with Crippen LogP contribution < -0.4 is 5.32 Å². The van der Waals surface area contributed by atoms with Crippen LogP contribution in [0.25, 0.3) is 0 Å². The van der Waals surface area contributed by atoms with Crippen LogP contribution in [0.2, 0.25) is 0 Å². The van der Waals surface area contributed by atoms with Crippen LogP contribution in [0.4, 0.5) is 0 Å². The van der Waals surface area contributed by atoms with Crippen molar-refractivity contribution in [2.75, 3.05) is 0 Å². The maximum Gasteiger partial charge on any atom is 0.223 e. The van der Waals surface area contributed by atoms with Crippen molar-refractivity contribution >= 4 is 5.91 Å². The molecular weight excluding hydrogens is 162 g/mol. The molecule has 0 aliphatic heterocycles. The Morgan fingerprint density at radius 2 is 1.92 bits per heavy atom. The molecule has 1 amide bonds. The summed E-state index contributed by atoms with van der Waals surface area (Å²) < 4.78 is 0. The zero-order valence-electron chi connectivity index (χ0n) is 9.35. The molecular formula is C11H21NO. The SMILES string of the molecule is CC(C)[C@H]1C[C@@H]1C(=O)NC(C)(C)C. The second-order valence-electron chi connectivity index (χ2n) is 5.49. The van der Waals surface area contributed by atoms with Crippen LogP contribution in [0.5, 0.6) is 0 Å². The minimum Gasteiger partial charge on any atom is -0.351 e. The lowest BCUT2D eigenvalue weighted by Crippen LogP contribution is -2.41. The first kappa shape index (κ1) is 10.6. The smallest absolute Gasteiger partial charge is 0.223 e. The zero-order valence-corrected chi connectivity index (χ0v) is 9.35. The highest BCUT2D eigenvalue weighted by molar-refractivity contribution is 5.82. The molecule has 13 heavy (non-hydrogen) atoms. The molecule has 0 aromatic carbocycles. The van der Waals surface area contributed by atoms with E-state index in [1.54, 1.807) is 0 Å². The molecule has 0 heterocycles. The maximum absolute atomic E-state index is 11.6. The summed E-state index contributed by atoms with van der Waals surface area (Å²) in [6.07, 6.45) is 1.08. The van der Waals surface area contributed by atoms with Gasteiger partial charge in [-0.3, -0.25) is 4.79 Å². The predicted molar refractivity (Wildman–Crippen MR) is 54.3 cm³/mol. The first-order chi connectivity index (χ1) is 5.81. The summed E-state index contributed by atoms with van der Waals surface area (Å²) in [7, 11) is 0.